The first-order chi connectivity index (χ1) is 8.54. The zero-order valence-electron chi connectivity index (χ0n) is 11.4. The first-order valence-corrected chi connectivity index (χ1v) is 6.72. The van der Waals surface area contributed by atoms with Crippen LogP contribution in [0.2, 0.25) is 0 Å². The minimum absolute atomic E-state index is 0.0922. The van der Waals surface area contributed by atoms with Gasteiger partial charge in [-0.15, -0.1) is 12.6 Å². The molecule has 0 aliphatic heterocycles. The molecule has 0 unspecified atom stereocenters. The number of carbonyl (C=O) groups excluding carboxylic acids is 1. The number of likely N-dealkylation sites (N-methyl/N-ethyl adjacent to an activating group) is 1. The van der Waals surface area contributed by atoms with Gasteiger partial charge >= 0.3 is 0 Å². The molecule has 0 bridgehead atoms. The Balaban J connectivity index is 2.75. The summed E-state index contributed by atoms with van der Waals surface area (Å²) in [4.78, 5) is 17.2. The molecule has 0 spiro atoms. The van der Waals surface area contributed by atoms with Crippen LogP contribution in [0.15, 0.2) is 29.2 Å². The lowest BCUT2D eigenvalue weighted by Gasteiger charge is -2.24. The van der Waals surface area contributed by atoms with Gasteiger partial charge in [-0.2, -0.15) is 0 Å². The molecule has 1 amide bonds. The Kier molecular flexibility index (Phi) is 6.22. The summed E-state index contributed by atoms with van der Waals surface area (Å²) >= 11 is 4.28. The molecule has 0 saturated carbocycles. The van der Waals surface area contributed by atoms with Gasteiger partial charge in [0.1, 0.15) is 0 Å². The highest BCUT2D eigenvalue weighted by molar-refractivity contribution is 7.80. The lowest BCUT2D eigenvalue weighted by Crippen LogP contribution is -2.37. The molecule has 0 atom stereocenters. The van der Waals surface area contributed by atoms with Crippen molar-refractivity contribution in [3.05, 3.63) is 29.8 Å². The van der Waals surface area contributed by atoms with Crippen molar-refractivity contribution in [1.29, 1.82) is 0 Å². The highest BCUT2D eigenvalue weighted by Crippen LogP contribution is 2.11. The Morgan fingerprint density at radius 3 is 2.50 bits per heavy atom. The monoisotopic (exact) mass is 266 g/mol. The quantitative estimate of drug-likeness (QED) is 0.799. The summed E-state index contributed by atoms with van der Waals surface area (Å²) in [5.41, 5.74) is 0.717. The minimum Gasteiger partial charge on any atom is -0.337 e. The van der Waals surface area contributed by atoms with Gasteiger partial charge in [0.05, 0.1) is 0 Å². The molecule has 0 radical (unpaired) electrons. The standard InChI is InChI=1S/C14H22N2OS/c1-4-8-16(10-9-15(2)3)14(17)12-6-5-7-13(18)11-12/h5-7,11,18H,4,8-10H2,1-3H3. The van der Waals surface area contributed by atoms with Crippen molar-refractivity contribution in [3.63, 3.8) is 0 Å². The van der Waals surface area contributed by atoms with Crippen LogP contribution in [-0.2, 0) is 0 Å². The fourth-order valence-corrected chi connectivity index (χ4v) is 1.95. The second kappa shape index (κ2) is 7.44. The van der Waals surface area contributed by atoms with Crippen LogP contribution in [0, 0.1) is 0 Å². The zero-order chi connectivity index (χ0) is 13.5. The molecule has 4 heteroatoms. The van der Waals surface area contributed by atoms with E-state index in [1.165, 1.54) is 0 Å². The predicted molar refractivity (Wildman–Crippen MR) is 78.4 cm³/mol. The van der Waals surface area contributed by atoms with E-state index in [0.717, 1.165) is 36.5 Å². The Morgan fingerprint density at radius 2 is 1.94 bits per heavy atom. The van der Waals surface area contributed by atoms with Crippen molar-refractivity contribution >= 4 is 18.5 Å². The van der Waals surface area contributed by atoms with Gasteiger partial charge in [-0.1, -0.05) is 13.0 Å². The predicted octanol–water partition coefficient (Wildman–Crippen LogP) is 2.39. The third-order valence-electron chi connectivity index (χ3n) is 2.69. The number of rotatable bonds is 6. The second-order valence-corrected chi connectivity index (χ2v) is 5.16. The number of hydrogen-bond donors (Lipinski definition) is 1. The summed E-state index contributed by atoms with van der Waals surface area (Å²) in [7, 11) is 4.03. The van der Waals surface area contributed by atoms with Gasteiger partial charge in [0.2, 0.25) is 0 Å². The van der Waals surface area contributed by atoms with Crippen molar-refractivity contribution in [2.75, 3.05) is 33.7 Å². The average Bonchev–Trinajstić information content (AvgIpc) is 2.33. The Labute approximate surface area is 115 Å². The number of benzene rings is 1. The second-order valence-electron chi connectivity index (χ2n) is 4.65. The van der Waals surface area contributed by atoms with Crippen LogP contribution in [0.5, 0.6) is 0 Å². The van der Waals surface area contributed by atoms with E-state index in [2.05, 4.69) is 24.5 Å². The molecule has 0 N–H and O–H groups in total. The van der Waals surface area contributed by atoms with Gasteiger partial charge in [0.25, 0.3) is 5.91 Å². The molecule has 1 aromatic carbocycles. The van der Waals surface area contributed by atoms with Crippen LogP contribution >= 0.6 is 12.6 Å². The highest BCUT2D eigenvalue weighted by Gasteiger charge is 2.14. The molecular weight excluding hydrogens is 244 g/mol. The van der Waals surface area contributed by atoms with E-state index in [0.29, 0.717) is 0 Å². The fraction of sp³-hybridized carbons (Fsp3) is 0.500. The van der Waals surface area contributed by atoms with Crippen LogP contribution in [0.3, 0.4) is 0 Å². The molecule has 0 aliphatic carbocycles. The van der Waals surface area contributed by atoms with E-state index in [9.17, 15) is 4.79 Å². The van der Waals surface area contributed by atoms with Gasteiger partial charge in [0, 0.05) is 30.1 Å². The summed E-state index contributed by atoms with van der Waals surface area (Å²) < 4.78 is 0. The molecule has 100 valence electrons. The maximum Gasteiger partial charge on any atom is 0.253 e. The van der Waals surface area contributed by atoms with Gasteiger partial charge < -0.3 is 9.80 Å². The number of thiol groups is 1. The van der Waals surface area contributed by atoms with Crippen LogP contribution in [0.25, 0.3) is 0 Å². The SMILES string of the molecule is CCCN(CCN(C)C)C(=O)c1cccc(S)c1. The first kappa shape index (κ1) is 15.1. The largest absolute Gasteiger partial charge is 0.337 e. The van der Waals surface area contributed by atoms with Gasteiger partial charge in [-0.25, -0.2) is 0 Å². The van der Waals surface area contributed by atoms with E-state index in [1.807, 2.05) is 43.3 Å². The summed E-state index contributed by atoms with van der Waals surface area (Å²) in [6.45, 7) is 4.53. The summed E-state index contributed by atoms with van der Waals surface area (Å²) in [6, 6.07) is 7.42. The van der Waals surface area contributed by atoms with Crippen LogP contribution in [-0.4, -0.2) is 49.4 Å². The van der Waals surface area contributed by atoms with Crippen molar-refractivity contribution in [2.24, 2.45) is 0 Å². The molecule has 0 heterocycles. The van der Waals surface area contributed by atoms with E-state index in [1.54, 1.807) is 0 Å². The van der Waals surface area contributed by atoms with Crippen molar-refractivity contribution in [1.82, 2.24) is 9.80 Å². The zero-order valence-corrected chi connectivity index (χ0v) is 12.3. The van der Waals surface area contributed by atoms with E-state index < -0.39 is 0 Å². The van der Waals surface area contributed by atoms with Gasteiger partial charge in [-0.3, -0.25) is 4.79 Å². The van der Waals surface area contributed by atoms with Crippen molar-refractivity contribution in [2.45, 2.75) is 18.2 Å². The Hall–Kier alpha value is -1.00. The summed E-state index contributed by atoms with van der Waals surface area (Å²) in [6.07, 6.45) is 0.972. The fourth-order valence-electron chi connectivity index (χ4n) is 1.73. The number of carbonyl (C=O) groups is 1. The number of hydrogen-bond acceptors (Lipinski definition) is 3. The third kappa shape index (κ3) is 4.70. The summed E-state index contributed by atoms with van der Waals surface area (Å²) in [5.74, 6) is 0.0922. The van der Waals surface area contributed by atoms with E-state index >= 15 is 0 Å². The Bertz CT molecular complexity index is 393. The Morgan fingerprint density at radius 1 is 1.22 bits per heavy atom. The average molecular weight is 266 g/mol. The topological polar surface area (TPSA) is 23.6 Å². The van der Waals surface area contributed by atoms with Gasteiger partial charge in [0.15, 0.2) is 0 Å². The molecule has 0 aliphatic rings. The molecule has 3 nitrogen and oxygen atoms in total. The van der Waals surface area contributed by atoms with Crippen molar-refractivity contribution < 1.29 is 4.79 Å². The molecule has 0 aromatic heterocycles. The first-order valence-electron chi connectivity index (χ1n) is 6.27. The molecular formula is C14H22N2OS. The molecule has 0 saturated heterocycles. The maximum atomic E-state index is 12.4. The maximum absolute atomic E-state index is 12.4. The lowest BCUT2D eigenvalue weighted by molar-refractivity contribution is 0.0744. The summed E-state index contributed by atoms with van der Waals surface area (Å²) in [5, 5.41) is 0. The smallest absolute Gasteiger partial charge is 0.253 e. The molecule has 0 fully saturated rings. The van der Waals surface area contributed by atoms with Crippen LogP contribution in [0.1, 0.15) is 23.7 Å². The van der Waals surface area contributed by atoms with Crippen molar-refractivity contribution in [3.8, 4) is 0 Å². The lowest BCUT2D eigenvalue weighted by atomic mass is 10.2. The third-order valence-corrected chi connectivity index (χ3v) is 2.97. The van der Waals surface area contributed by atoms with E-state index in [-0.39, 0.29) is 5.91 Å². The molecule has 1 rings (SSSR count). The number of nitrogens with zero attached hydrogens (tertiary/aromatic N) is 2. The molecule has 18 heavy (non-hydrogen) atoms. The highest BCUT2D eigenvalue weighted by atomic mass is 32.1. The van der Waals surface area contributed by atoms with Crippen LogP contribution < -0.4 is 0 Å². The number of amides is 1. The minimum atomic E-state index is 0.0922. The molecule has 1 aromatic rings. The van der Waals surface area contributed by atoms with Crippen LogP contribution in [0.4, 0.5) is 0 Å². The normalized spacial score (nSPS) is 10.7. The van der Waals surface area contributed by atoms with Gasteiger partial charge in [-0.05, 0) is 38.7 Å². The van der Waals surface area contributed by atoms with E-state index in [4.69, 9.17) is 0 Å².